The highest BCUT2D eigenvalue weighted by molar-refractivity contribution is 5.82. The zero-order valence-corrected chi connectivity index (χ0v) is 11.4. The zero-order chi connectivity index (χ0) is 14.4. The van der Waals surface area contributed by atoms with Crippen LogP contribution in [0.25, 0.3) is 0 Å². The number of benzene rings is 1. The van der Waals surface area contributed by atoms with E-state index in [1.54, 1.807) is 4.90 Å². The lowest BCUT2D eigenvalue weighted by molar-refractivity contribution is -0.139. The van der Waals surface area contributed by atoms with Crippen LogP contribution in [0, 0.1) is 0 Å². The average Bonchev–Trinajstić information content (AvgIpc) is 2.48. The highest BCUT2D eigenvalue weighted by Crippen LogP contribution is 2.09. The molecule has 1 heterocycles. The summed E-state index contributed by atoms with van der Waals surface area (Å²) in [6.45, 7) is 1.42. The molecule has 2 rings (SSSR count). The van der Waals surface area contributed by atoms with Gasteiger partial charge in [-0.2, -0.15) is 0 Å². The standard InChI is InChI=1S/C15H20N2O3/c18-14(19)13(11-12-7-3-1-4-8-12)16-15(20)17-9-5-2-6-10-17/h1,3-4,7-8,13H,2,5-6,9-11H2,(H,16,20)(H,18,19). The van der Waals surface area contributed by atoms with E-state index >= 15 is 0 Å². The maximum absolute atomic E-state index is 12.1. The number of hydrogen-bond donors (Lipinski definition) is 2. The Kier molecular flexibility index (Phi) is 4.98. The molecule has 2 N–H and O–H groups in total. The van der Waals surface area contributed by atoms with Gasteiger partial charge in [-0.05, 0) is 24.8 Å². The molecule has 0 bridgehead atoms. The summed E-state index contributed by atoms with van der Waals surface area (Å²) >= 11 is 0. The van der Waals surface area contributed by atoms with Crippen molar-refractivity contribution in [2.75, 3.05) is 13.1 Å². The van der Waals surface area contributed by atoms with Crippen LogP contribution in [-0.2, 0) is 11.2 Å². The summed E-state index contributed by atoms with van der Waals surface area (Å²) in [5.41, 5.74) is 0.902. The molecule has 0 aliphatic carbocycles. The Morgan fingerprint density at radius 3 is 2.40 bits per heavy atom. The van der Waals surface area contributed by atoms with Crippen LogP contribution in [0.3, 0.4) is 0 Å². The molecule has 20 heavy (non-hydrogen) atoms. The number of carbonyl (C=O) groups excluding carboxylic acids is 1. The van der Waals surface area contributed by atoms with Gasteiger partial charge in [0, 0.05) is 19.5 Å². The lowest BCUT2D eigenvalue weighted by Crippen LogP contribution is -2.50. The summed E-state index contributed by atoms with van der Waals surface area (Å²) in [7, 11) is 0. The smallest absolute Gasteiger partial charge is 0.326 e. The lowest BCUT2D eigenvalue weighted by atomic mass is 10.1. The highest BCUT2D eigenvalue weighted by Gasteiger charge is 2.24. The second-order valence-corrected chi connectivity index (χ2v) is 5.08. The van der Waals surface area contributed by atoms with Crippen LogP contribution in [0.5, 0.6) is 0 Å². The Morgan fingerprint density at radius 1 is 1.15 bits per heavy atom. The first-order valence-electron chi connectivity index (χ1n) is 6.99. The van der Waals surface area contributed by atoms with Crippen molar-refractivity contribution >= 4 is 12.0 Å². The number of nitrogens with zero attached hydrogens (tertiary/aromatic N) is 1. The van der Waals surface area contributed by atoms with Gasteiger partial charge in [0.25, 0.3) is 0 Å². The van der Waals surface area contributed by atoms with E-state index in [9.17, 15) is 14.7 Å². The molecule has 1 fully saturated rings. The molecule has 1 aromatic rings. The number of carboxylic acid groups (broad SMARTS) is 1. The van der Waals surface area contributed by atoms with Gasteiger partial charge in [-0.25, -0.2) is 9.59 Å². The van der Waals surface area contributed by atoms with Gasteiger partial charge in [0.15, 0.2) is 0 Å². The fourth-order valence-electron chi connectivity index (χ4n) is 2.39. The summed E-state index contributed by atoms with van der Waals surface area (Å²) in [6, 6.07) is 8.18. The normalized spacial score (nSPS) is 16.5. The van der Waals surface area contributed by atoms with Crippen molar-refractivity contribution in [2.45, 2.75) is 31.7 Å². The number of amides is 2. The molecule has 0 aromatic heterocycles. The summed E-state index contributed by atoms with van der Waals surface area (Å²) in [4.78, 5) is 25.0. The first-order valence-corrected chi connectivity index (χ1v) is 6.99. The molecule has 0 spiro atoms. The first-order chi connectivity index (χ1) is 9.66. The number of carboxylic acids is 1. The van der Waals surface area contributed by atoms with Crippen molar-refractivity contribution in [1.29, 1.82) is 0 Å². The third-order valence-corrected chi connectivity index (χ3v) is 3.52. The zero-order valence-electron chi connectivity index (χ0n) is 11.4. The molecule has 5 nitrogen and oxygen atoms in total. The van der Waals surface area contributed by atoms with Gasteiger partial charge in [-0.15, -0.1) is 0 Å². The SMILES string of the molecule is O=C(O)C(Cc1ccccc1)NC(=O)N1CCCCC1. The van der Waals surface area contributed by atoms with Crippen LogP contribution >= 0.6 is 0 Å². The third-order valence-electron chi connectivity index (χ3n) is 3.52. The van der Waals surface area contributed by atoms with Gasteiger partial charge in [0.05, 0.1) is 0 Å². The van der Waals surface area contributed by atoms with Crippen LogP contribution in [0.15, 0.2) is 30.3 Å². The fourth-order valence-corrected chi connectivity index (χ4v) is 2.39. The van der Waals surface area contributed by atoms with Gasteiger partial charge >= 0.3 is 12.0 Å². The molecule has 5 heteroatoms. The van der Waals surface area contributed by atoms with Crippen LogP contribution in [0.2, 0.25) is 0 Å². The molecule has 1 atom stereocenters. The predicted molar refractivity (Wildman–Crippen MR) is 75.5 cm³/mol. The number of carbonyl (C=O) groups is 2. The van der Waals surface area contributed by atoms with Crippen molar-refractivity contribution in [2.24, 2.45) is 0 Å². The van der Waals surface area contributed by atoms with Crippen molar-refractivity contribution in [3.8, 4) is 0 Å². The summed E-state index contributed by atoms with van der Waals surface area (Å²) < 4.78 is 0. The number of hydrogen-bond acceptors (Lipinski definition) is 2. The van der Waals surface area contributed by atoms with Crippen molar-refractivity contribution < 1.29 is 14.7 Å². The molecular weight excluding hydrogens is 256 g/mol. The second kappa shape index (κ2) is 6.93. The monoisotopic (exact) mass is 276 g/mol. The Bertz CT molecular complexity index is 455. The number of urea groups is 1. The van der Waals surface area contributed by atoms with E-state index in [0.717, 1.165) is 24.8 Å². The number of aliphatic carboxylic acids is 1. The molecule has 1 unspecified atom stereocenters. The van der Waals surface area contributed by atoms with E-state index in [4.69, 9.17) is 0 Å². The molecule has 1 aliphatic rings. The van der Waals surface area contributed by atoms with Gasteiger partial charge in [-0.1, -0.05) is 30.3 Å². The molecule has 0 saturated carbocycles. The van der Waals surface area contributed by atoms with Gasteiger partial charge in [0.2, 0.25) is 0 Å². The van der Waals surface area contributed by atoms with E-state index in [1.165, 1.54) is 0 Å². The van der Waals surface area contributed by atoms with Crippen molar-refractivity contribution in [1.82, 2.24) is 10.2 Å². The molecule has 1 aromatic carbocycles. The Morgan fingerprint density at radius 2 is 1.80 bits per heavy atom. The van der Waals surface area contributed by atoms with E-state index < -0.39 is 12.0 Å². The maximum atomic E-state index is 12.1. The van der Waals surface area contributed by atoms with Gasteiger partial charge in [0.1, 0.15) is 6.04 Å². The van der Waals surface area contributed by atoms with E-state index in [0.29, 0.717) is 19.5 Å². The Balaban J connectivity index is 1.95. The Labute approximate surface area is 118 Å². The number of nitrogens with one attached hydrogen (secondary N) is 1. The lowest BCUT2D eigenvalue weighted by Gasteiger charge is -2.28. The summed E-state index contributed by atoms with van der Waals surface area (Å²) in [5.74, 6) is -1.00. The van der Waals surface area contributed by atoms with Crippen molar-refractivity contribution in [3.63, 3.8) is 0 Å². The molecular formula is C15H20N2O3. The summed E-state index contributed by atoms with van der Waals surface area (Å²) in [6.07, 6.45) is 3.42. The molecule has 1 aliphatic heterocycles. The number of rotatable bonds is 4. The molecule has 1 saturated heterocycles. The topological polar surface area (TPSA) is 69.6 Å². The minimum Gasteiger partial charge on any atom is -0.480 e. The first kappa shape index (κ1) is 14.4. The van der Waals surface area contributed by atoms with Crippen molar-refractivity contribution in [3.05, 3.63) is 35.9 Å². The minimum atomic E-state index is -1.00. The quantitative estimate of drug-likeness (QED) is 0.882. The van der Waals surface area contributed by atoms with E-state index in [1.807, 2.05) is 30.3 Å². The highest BCUT2D eigenvalue weighted by atomic mass is 16.4. The number of likely N-dealkylation sites (tertiary alicyclic amines) is 1. The van der Waals surface area contributed by atoms with E-state index in [2.05, 4.69) is 5.32 Å². The van der Waals surface area contributed by atoms with Crippen LogP contribution in [0.1, 0.15) is 24.8 Å². The van der Waals surface area contributed by atoms with E-state index in [-0.39, 0.29) is 6.03 Å². The minimum absolute atomic E-state index is 0.270. The van der Waals surface area contributed by atoms with Gasteiger partial charge < -0.3 is 15.3 Å². The predicted octanol–water partition coefficient (Wildman–Crippen LogP) is 1.88. The molecule has 0 radical (unpaired) electrons. The van der Waals surface area contributed by atoms with Gasteiger partial charge in [-0.3, -0.25) is 0 Å². The van der Waals surface area contributed by atoms with Crippen LogP contribution in [-0.4, -0.2) is 41.1 Å². The molecule has 2 amide bonds. The third kappa shape index (κ3) is 3.98. The fraction of sp³-hybridized carbons (Fsp3) is 0.467. The molecule has 108 valence electrons. The number of piperidine rings is 1. The maximum Gasteiger partial charge on any atom is 0.326 e. The Hall–Kier alpha value is -2.04. The second-order valence-electron chi connectivity index (χ2n) is 5.08. The summed E-state index contributed by atoms with van der Waals surface area (Å²) in [5, 5.41) is 11.9. The average molecular weight is 276 g/mol. The van der Waals surface area contributed by atoms with Crippen LogP contribution < -0.4 is 5.32 Å². The largest absolute Gasteiger partial charge is 0.480 e. The van der Waals surface area contributed by atoms with Crippen LogP contribution in [0.4, 0.5) is 4.79 Å².